The van der Waals surface area contributed by atoms with Gasteiger partial charge in [0.1, 0.15) is 12.7 Å². The lowest BCUT2D eigenvalue weighted by Gasteiger charge is -2.22. The van der Waals surface area contributed by atoms with Gasteiger partial charge in [0.2, 0.25) is 12.4 Å². The lowest BCUT2D eigenvalue weighted by atomic mass is 10.1. The molecule has 1 heterocycles. The molecule has 0 N–H and O–H groups in total. The molecule has 22 heavy (non-hydrogen) atoms. The Balaban J connectivity index is 2.94. The average Bonchev–Trinajstić information content (AvgIpc) is 2.63. The summed E-state index contributed by atoms with van der Waals surface area (Å²) in [5, 5.41) is 0. The van der Waals surface area contributed by atoms with Crippen LogP contribution in [0.3, 0.4) is 0 Å². The van der Waals surface area contributed by atoms with E-state index < -0.39 is 48.5 Å². The smallest absolute Gasteiger partial charge is 0.305 e. The van der Waals surface area contributed by atoms with Crippen LogP contribution in [0.4, 0.5) is 0 Å². The predicted octanol–water partition coefficient (Wildman–Crippen LogP) is -0.299. The Bertz CT molecular complexity index is 458. The first kappa shape index (κ1) is 17.9. The molecule has 4 atom stereocenters. The van der Waals surface area contributed by atoms with E-state index in [0.717, 1.165) is 20.8 Å². The van der Waals surface area contributed by atoms with Crippen molar-refractivity contribution in [1.82, 2.24) is 0 Å². The van der Waals surface area contributed by atoms with Crippen LogP contribution in [-0.4, -0.2) is 55.1 Å². The van der Waals surface area contributed by atoms with Crippen molar-refractivity contribution in [2.75, 3.05) is 6.61 Å². The number of rotatable bonds is 5. The van der Waals surface area contributed by atoms with Gasteiger partial charge in [-0.1, -0.05) is 0 Å². The molecule has 0 aliphatic carbocycles. The quantitative estimate of drug-likeness (QED) is 0.497. The van der Waals surface area contributed by atoms with Crippen molar-refractivity contribution in [2.24, 2.45) is 0 Å². The second-order valence-electron chi connectivity index (χ2n) is 4.60. The molecule has 124 valence electrons. The van der Waals surface area contributed by atoms with Crippen LogP contribution in [0.1, 0.15) is 27.7 Å². The summed E-state index contributed by atoms with van der Waals surface area (Å²) in [5.74, 6) is -2.56. The van der Waals surface area contributed by atoms with E-state index in [0.29, 0.717) is 0 Å². The van der Waals surface area contributed by atoms with Gasteiger partial charge in [-0.15, -0.1) is 0 Å². The number of hydrogen-bond donors (Lipinski definition) is 0. The number of ether oxygens (including phenoxy) is 5. The van der Waals surface area contributed by atoms with E-state index in [1.54, 1.807) is 0 Å². The Morgan fingerprint density at radius 1 is 0.773 bits per heavy atom. The normalized spacial score (nSPS) is 26.9. The van der Waals surface area contributed by atoms with Crippen molar-refractivity contribution in [1.29, 1.82) is 0 Å². The molecule has 0 radical (unpaired) electrons. The highest BCUT2D eigenvalue weighted by Crippen LogP contribution is 2.28. The Labute approximate surface area is 126 Å². The van der Waals surface area contributed by atoms with Crippen LogP contribution in [0.15, 0.2) is 0 Å². The molecule has 9 nitrogen and oxygen atoms in total. The highest BCUT2D eigenvalue weighted by molar-refractivity contribution is 5.68. The predicted molar refractivity (Wildman–Crippen MR) is 68.2 cm³/mol. The molecule has 0 saturated carbocycles. The fourth-order valence-electron chi connectivity index (χ4n) is 1.93. The zero-order valence-corrected chi connectivity index (χ0v) is 12.7. The maximum Gasteiger partial charge on any atom is 0.305 e. The third-order valence-electron chi connectivity index (χ3n) is 2.60. The molecule has 0 spiro atoms. The Hall–Kier alpha value is -2.16. The van der Waals surface area contributed by atoms with Gasteiger partial charge in [0.05, 0.1) is 0 Å². The standard InChI is InChI=1S/C13H18O9/c1-6(14)18-5-10-11(19-7(2)15)12(20-8(3)16)13(22-10)21-9(4)17/h10-13H,5H2,1-4H3/t10-,11-,12+,13?/m0/s1. The van der Waals surface area contributed by atoms with Crippen molar-refractivity contribution >= 4 is 23.9 Å². The molecule has 0 aromatic carbocycles. The first-order valence-corrected chi connectivity index (χ1v) is 6.51. The van der Waals surface area contributed by atoms with Gasteiger partial charge < -0.3 is 23.7 Å². The third-order valence-corrected chi connectivity index (χ3v) is 2.60. The molecule has 0 aromatic heterocycles. The molecule has 0 aromatic rings. The van der Waals surface area contributed by atoms with Gasteiger partial charge in [-0.25, -0.2) is 0 Å². The average molecular weight is 318 g/mol. The molecule has 9 heteroatoms. The van der Waals surface area contributed by atoms with Gasteiger partial charge in [0.15, 0.2) is 6.10 Å². The summed E-state index contributed by atoms with van der Waals surface area (Å²) in [7, 11) is 0. The zero-order chi connectivity index (χ0) is 16.9. The van der Waals surface area contributed by atoms with Gasteiger partial charge in [0.25, 0.3) is 0 Å². The lowest BCUT2D eigenvalue weighted by molar-refractivity contribution is -0.197. The first-order chi connectivity index (χ1) is 10.2. The minimum absolute atomic E-state index is 0.247. The Kier molecular flexibility index (Phi) is 6.29. The topological polar surface area (TPSA) is 114 Å². The Morgan fingerprint density at radius 2 is 1.27 bits per heavy atom. The summed E-state index contributed by atoms with van der Waals surface area (Å²) in [5.41, 5.74) is 0. The molecule has 1 unspecified atom stereocenters. The van der Waals surface area contributed by atoms with Crippen molar-refractivity contribution in [2.45, 2.75) is 52.3 Å². The van der Waals surface area contributed by atoms with E-state index in [-0.39, 0.29) is 6.61 Å². The van der Waals surface area contributed by atoms with Crippen LogP contribution in [0, 0.1) is 0 Å². The van der Waals surface area contributed by atoms with E-state index in [1.807, 2.05) is 0 Å². The first-order valence-electron chi connectivity index (χ1n) is 6.51. The van der Waals surface area contributed by atoms with Gasteiger partial charge in [0, 0.05) is 27.7 Å². The van der Waals surface area contributed by atoms with Crippen LogP contribution in [-0.2, 0) is 42.9 Å². The monoisotopic (exact) mass is 318 g/mol. The number of hydrogen-bond acceptors (Lipinski definition) is 9. The summed E-state index contributed by atoms with van der Waals surface area (Å²) >= 11 is 0. The summed E-state index contributed by atoms with van der Waals surface area (Å²) in [6.07, 6.45) is -4.40. The van der Waals surface area contributed by atoms with E-state index in [9.17, 15) is 19.2 Å². The largest absolute Gasteiger partial charge is 0.463 e. The van der Waals surface area contributed by atoms with Gasteiger partial charge >= 0.3 is 23.9 Å². The van der Waals surface area contributed by atoms with Gasteiger partial charge in [-0.2, -0.15) is 0 Å². The van der Waals surface area contributed by atoms with Crippen molar-refractivity contribution in [3.8, 4) is 0 Å². The molecular formula is C13H18O9. The fraction of sp³-hybridized carbons (Fsp3) is 0.692. The molecule has 1 aliphatic rings. The van der Waals surface area contributed by atoms with Crippen LogP contribution >= 0.6 is 0 Å². The lowest BCUT2D eigenvalue weighted by Crippen LogP contribution is -2.42. The molecular weight excluding hydrogens is 300 g/mol. The molecule has 1 saturated heterocycles. The van der Waals surface area contributed by atoms with Crippen molar-refractivity contribution in [3.63, 3.8) is 0 Å². The molecule has 1 fully saturated rings. The maximum atomic E-state index is 11.2. The summed E-state index contributed by atoms with van der Waals surface area (Å²) in [6, 6.07) is 0. The minimum Gasteiger partial charge on any atom is -0.463 e. The summed E-state index contributed by atoms with van der Waals surface area (Å²) in [6.45, 7) is 4.40. The van der Waals surface area contributed by atoms with E-state index >= 15 is 0 Å². The molecule has 1 aliphatic heterocycles. The second-order valence-corrected chi connectivity index (χ2v) is 4.60. The molecule has 0 amide bonds. The maximum absolute atomic E-state index is 11.2. The van der Waals surface area contributed by atoms with Gasteiger partial charge in [-0.05, 0) is 0 Å². The number of esters is 4. The van der Waals surface area contributed by atoms with Gasteiger partial charge in [-0.3, -0.25) is 19.2 Å². The highest BCUT2D eigenvalue weighted by atomic mass is 16.8. The fourth-order valence-corrected chi connectivity index (χ4v) is 1.93. The third kappa shape index (κ3) is 5.32. The molecule has 0 bridgehead atoms. The SMILES string of the molecule is CC(=O)OC[C@@H]1OC(OC(C)=O)[C@H](OC(C)=O)[C@H]1OC(C)=O. The van der Waals surface area contributed by atoms with Crippen LogP contribution in [0.25, 0.3) is 0 Å². The zero-order valence-electron chi connectivity index (χ0n) is 12.7. The Morgan fingerprint density at radius 3 is 1.73 bits per heavy atom. The number of carbonyl (C=O) groups is 4. The van der Waals surface area contributed by atoms with E-state index in [4.69, 9.17) is 23.7 Å². The van der Waals surface area contributed by atoms with Crippen molar-refractivity contribution < 1.29 is 42.9 Å². The summed E-state index contributed by atoms with van der Waals surface area (Å²) < 4.78 is 25.2. The van der Waals surface area contributed by atoms with E-state index in [1.165, 1.54) is 6.92 Å². The van der Waals surface area contributed by atoms with E-state index in [2.05, 4.69) is 0 Å². The minimum atomic E-state index is -1.26. The summed E-state index contributed by atoms with van der Waals surface area (Å²) in [4.78, 5) is 44.4. The second kappa shape index (κ2) is 7.74. The van der Waals surface area contributed by atoms with Crippen molar-refractivity contribution in [3.05, 3.63) is 0 Å². The van der Waals surface area contributed by atoms with Crippen LogP contribution in [0.2, 0.25) is 0 Å². The van der Waals surface area contributed by atoms with Crippen LogP contribution in [0.5, 0.6) is 0 Å². The number of carbonyl (C=O) groups excluding carboxylic acids is 4. The van der Waals surface area contributed by atoms with Crippen LogP contribution < -0.4 is 0 Å². The highest BCUT2D eigenvalue weighted by Gasteiger charge is 2.51. The molecule has 1 rings (SSSR count).